The fourth-order valence-corrected chi connectivity index (χ4v) is 4.30. The molecule has 2 unspecified atom stereocenters. The van der Waals surface area contributed by atoms with E-state index in [0.29, 0.717) is 32.6 Å². The van der Waals surface area contributed by atoms with Crippen LogP contribution in [0.3, 0.4) is 0 Å². The molecule has 0 saturated carbocycles. The molecule has 2 aromatic rings. The monoisotopic (exact) mass is 448 g/mol. The second-order valence-electron chi connectivity index (χ2n) is 8.39. The van der Waals surface area contributed by atoms with E-state index in [-0.39, 0.29) is 17.9 Å². The van der Waals surface area contributed by atoms with E-state index in [0.717, 1.165) is 42.6 Å². The molecule has 1 heterocycles. The van der Waals surface area contributed by atoms with Crippen molar-refractivity contribution >= 4 is 5.91 Å². The highest BCUT2D eigenvalue weighted by molar-refractivity contribution is 5.75. The molecule has 1 fully saturated rings. The number of benzene rings is 2. The maximum Gasteiger partial charge on any atom is 0.416 e. The van der Waals surface area contributed by atoms with Gasteiger partial charge in [-0.3, -0.25) is 9.69 Å². The van der Waals surface area contributed by atoms with Gasteiger partial charge in [0, 0.05) is 25.6 Å². The van der Waals surface area contributed by atoms with E-state index >= 15 is 0 Å². The molecular formula is C25H31F3N2O2. The van der Waals surface area contributed by atoms with E-state index in [1.807, 2.05) is 37.4 Å². The van der Waals surface area contributed by atoms with Gasteiger partial charge in [-0.2, -0.15) is 13.2 Å². The minimum atomic E-state index is -4.34. The highest BCUT2D eigenvalue weighted by atomic mass is 19.4. The summed E-state index contributed by atoms with van der Waals surface area (Å²) in [5, 5.41) is 3.02. The summed E-state index contributed by atoms with van der Waals surface area (Å²) in [5.41, 5.74) is 1.32. The number of piperidine rings is 1. The number of hydrogen-bond donors (Lipinski definition) is 1. The molecule has 0 aliphatic carbocycles. The maximum absolute atomic E-state index is 12.9. The van der Waals surface area contributed by atoms with Crippen LogP contribution >= 0.6 is 0 Å². The van der Waals surface area contributed by atoms with Crippen LogP contribution in [0, 0.1) is 5.92 Å². The lowest BCUT2D eigenvalue weighted by molar-refractivity contribution is -0.137. The molecule has 1 amide bonds. The maximum atomic E-state index is 12.9. The van der Waals surface area contributed by atoms with Gasteiger partial charge in [0.2, 0.25) is 5.91 Å². The molecule has 1 saturated heterocycles. The Morgan fingerprint density at radius 1 is 1.12 bits per heavy atom. The average molecular weight is 449 g/mol. The summed E-state index contributed by atoms with van der Waals surface area (Å²) in [6.07, 6.45) is -1.37. The van der Waals surface area contributed by atoms with Crippen LogP contribution in [0.2, 0.25) is 0 Å². The zero-order valence-corrected chi connectivity index (χ0v) is 18.4. The van der Waals surface area contributed by atoms with E-state index in [2.05, 4.69) is 10.2 Å². The van der Waals surface area contributed by atoms with Crippen molar-refractivity contribution in [1.82, 2.24) is 10.2 Å². The summed E-state index contributed by atoms with van der Waals surface area (Å²) in [6.45, 7) is 2.45. The first-order chi connectivity index (χ1) is 15.3. The normalized spacial score (nSPS) is 19.6. The van der Waals surface area contributed by atoms with E-state index in [1.165, 1.54) is 0 Å². The van der Waals surface area contributed by atoms with Crippen LogP contribution in [0.1, 0.15) is 48.4 Å². The zero-order valence-electron chi connectivity index (χ0n) is 18.4. The van der Waals surface area contributed by atoms with Gasteiger partial charge in [0.15, 0.2) is 0 Å². The first kappa shape index (κ1) is 24.3. The number of likely N-dealkylation sites (tertiary alicyclic amines) is 1. The van der Waals surface area contributed by atoms with Crippen molar-refractivity contribution in [3.63, 3.8) is 0 Å². The van der Waals surface area contributed by atoms with Crippen molar-refractivity contribution in [2.75, 3.05) is 26.7 Å². The molecule has 1 N–H and O–H groups in total. The third-order valence-electron chi connectivity index (χ3n) is 5.95. The molecule has 0 spiro atoms. The molecule has 1 aliphatic rings. The smallest absolute Gasteiger partial charge is 0.377 e. The second kappa shape index (κ2) is 11.5. The van der Waals surface area contributed by atoms with Gasteiger partial charge in [0.1, 0.15) is 0 Å². The average Bonchev–Trinajstić information content (AvgIpc) is 2.78. The summed E-state index contributed by atoms with van der Waals surface area (Å²) in [5.74, 6) is 0.136. The predicted molar refractivity (Wildman–Crippen MR) is 118 cm³/mol. The molecule has 2 aromatic carbocycles. The Hall–Kier alpha value is -2.38. The zero-order chi connectivity index (χ0) is 23.0. The Kier molecular flexibility index (Phi) is 8.70. The van der Waals surface area contributed by atoms with Crippen LogP contribution in [0.4, 0.5) is 13.2 Å². The number of nitrogens with one attached hydrogen (secondary N) is 1. The van der Waals surface area contributed by atoms with E-state index in [1.54, 1.807) is 12.1 Å². The Morgan fingerprint density at radius 2 is 1.84 bits per heavy atom. The van der Waals surface area contributed by atoms with Crippen LogP contribution in [-0.2, 0) is 22.3 Å². The number of carbonyl (C=O) groups excluding carboxylic acids is 1. The standard InChI is InChI=1S/C25H31F3N2O2/c1-30-15-5-9-21(24(30)20-11-13-22(14-12-20)25(26,27)28)17-29-23(31)10-6-16-32-18-19-7-3-2-4-8-19/h2-4,7-8,11-14,21,24H,5-6,9-10,15-18H2,1H3,(H,29,31). The number of halogens is 3. The van der Waals surface area contributed by atoms with Crippen molar-refractivity contribution in [1.29, 1.82) is 0 Å². The summed E-state index contributed by atoms with van der Waals surface area (Å²) in [4.78, 5) is 14.5. The quantitative estimate of drug-likeness (QED) is 0.536. The van der Waals surface area contributed by atoms with Gasteiger partial charge in [0.05, 0.1) is 12.2 Å². The van der Waals surface area contributed by atoms with E-state index < -0.39 is 11.7 Å². The molecule has 4 nitrogen and oxygen atoms in total. The van der Waals surface area contributed by atoms with Crippen molar-refractivity contribution in [3.8, 4) is 0 Å². The summed E-state index contributed by atoms with van der Waals surface area (Å²) in [6, 6.07) is 15.3. The lowest BCUT2D eigenvalue weighted by atomic mass is 9.84. The third-order valence-corrected chi connectivity index (χ3v) is 5.95. The third kappa shape index (κ3) is 7.07. The molecular weight excluding hydrogens is 417 g/mol. The SMILES string of the molecule is CN1CCCC(CNC(=O)CCCOCc2ccccc2)C1c1ccc(C(F)(F)F)cc1. The van der Waals surface area contributed by atoms with Crippen LogP contribution in [0.15, 0.2) is 54.6 Å². The van der Waals surface area contributed by atoms with Gasteiger partial charge in [-0.25, -0.2) is 0 Å². The Balaban J connectivity index is 1.45. The van der Waals surface area contributed by atoms with Crippen LogP contribution in [0.25, 0.3) is 0 Å². The van der Waals surface area contributed by atoms with Crippen LogP contribution in [-0.4, -0.2) is 37.6 Å². The van der Waals surface area contributed by atoms with Gasteiger partial charge in [0.25, 0.3) is 0 Å². The highest BCUT2D eigenvalue weighted by Gasteiger charge is 2.33. The first-order valence-corrected chi connectivity index (χ1v) is 11.1. The predicted octanol–water partition coefficient (Wildman–Crippen LogP) is 5.20. The fraction of sp³-hybridized carbons (Fsp3) is 0.480. The molecule has 32 heavy (non-hydrogen) atoms. The van der Waals surface area contributed by atoms with Gasteiger partial charge in [-0.05, 0) is 62.0 Å². The van der Waals surface area contributed by atoms with E-state index in [4.69, 9.17) is 4.74 Å². The lowest BCUT2D eigenvalue weighted by Gasteiger charge is -2.39. The van der Waals surface area contributed by atoms with Crippen molar-refractivity contribution in [3.05, 3.63) is 71.3 Å². The Morgan fingerprint density at radius 3 is 2.53 bits per heavy atom. The van der Waals surface area contributed by atoms with Crippen molar-refractivity contribution in [2.24, 2.45) is 5.92 Å². The number of rotatable bonds is 9. The van der Waals surface area contributed by atoms with Gasteiger partial charge >= 0.3 is 6.18 Å². The van der Waals surface area contributed by atoms with Crippen molar-refractivity contribution < 1.29 is 22.7 Å². The van der Waals surface area contributed by atoms with Crippen LogP contribution < -0.4 is 5.32 Å². The molecule has 0 aromatic heterocycles. The number of alkyl halides is 3. The Bertz CT molecular complexity index is 841. The summed E-state index contributed by atoms with van der Waals surface area (Å²) < 4.78 is 44.3. The van der Waals surface area contributed by atoms with Crippen LogP contribution in [0.5, 0.6) is 0 Å². The molecule has 174 valence electrons. The minimum absolute atomic E-state index is 0.0134. The lowest BCUT2D eigenvalue weighted by Crippen LogP contribution is -2.41. The topological polar surface area (TPSA) is 41.6 Å². The van der Waals surface area contributed by atoms with Gasteiger partial charge in [-0.1, -0.05) is 42.5 Å². The minimum Gasteiger partial charge on any atom is -0.377 e. The molecule has 7 heteroatoms. The number of nitrogens with zero attached hydrogens (tertiary/aromatic N) is 1. The highest BCUT2D eigenvalue weighted by Crippen LogP contribution is 2.36. The summed E-state index contributed by atoms with van der Waals surface area (Å²) >= 11 is 0. The second-order valence-corrected chi connectivity index (χ2v) is 8.39. The number of carbonyl (C=O) groups is 1. The Labute approximate surface area is 187 Å². The largest absolute Gasteiger partial charge is 0.416 e. The first-order valence-electron chi connectivity index (χ1n) is 11.1. The van der Waals surface area contributed by atoms with Gasteiger partial charge < -0.3 is 10.1 Å². The van der Waals surface area contributed by atoms with Gasteiger partial charge in [-0.15, -0.1) is 0 Å². The summed E-state index contributed by atoms with van der Waals surface area (Å²) in [7, 11) is 1.99. The molecule has 1 aliphatic heterocycles. The van der Waals surface area contributed by atoms with E-state index in [9.17, 15) is 18.0 Å². The molecule has 0 bridgehead atoms. The number of ether oxygens (including phenoxy) is 1. The number of hydrogen-bond acceptors (Lipinski definition) is 3. The molecule has 3 rings (SSSR count). The molecule has 0 radical (unpaired) electrons. The number of amides is 1. The van der Waals surface area contributed by atoms with Crippen molar-refractivity contribution in [2.45, 2.75) is 44.5 Å². The fourth-order valence-electron chi connectivity index (χ4n) is 4.30. The molecule has 2 atom stereocenters.